The van der Waals surface area contributed by atoms with Crippen LogP contribution in [0.5, 0.6) is 0 Å². The van der Waals surface area contributed by atoms with Crippen molar-refractivity contribution >= 4 is 24.0 Å². The highest BCUT2D eigenvalue weighted by atomic mass is 16.6. The van der Waals surface area contributed by atoms with Crippen LogP contribution < -0.4 is 0 Å². The summed E-state index contributed by atoms with van der Waals surface area (Å²) < 4.78 is 9.45. The van der Waals surface area contributed by atoms with E-state index in [2.05, 4.69) is 11.3 Å². The van der Waals surface area contributed by atoms with Crippen LogP contribution in [0.2, 0.25) is 0 Å². The molecule has 0 spiro atoms. The molecule has 1 saturated heterocycles. The summed E-state index contributed by atoms with van der Waals surface area (Å²) in [5.41, 5.74) is 1.38. The third-order valence-electron chi connectivity index (χ3n) is 4.77. The average molecular weight is 326 g/mol. The van der Waals surface area contributed by atoms with Gasteiger partial charge in [-0.1, -0.05) is 30.4 Å². The van der Waals surface area contributed by atoms with Gasteiger partial charge >= 0.3 is 17.9 Å². The van der Waals surface area contributed by atoms with E-state index < -0.39 is 23.8 Å². The highest BCUT2D eigenvalue weighted by Crippen LogP contribution is 2.47. The third-order valence-corrected chi connectivity index (χ3v) is 4.77. The molecule has 1 saturated carbocycles. The molecule has 2 aliphatic rings. The van der Waals surface area contributed by atoms with E-state index in [9.17, 15) is 14.4 Å². The maximum Gasteiger partial charge on any atom is 0.337 e. The monoisotopic (exact) mass is 326 g/mol. The summed E-state index contributed by atoms with van der Waals surface area (Å²) in [5.74, 6) is -2.19. The first-order valence-corrected chi connectivity index (χ1v) is 7.80. The van der Waals surface area contributed by atoms with Crippen LogP contribution in [0.4, 0.5) is 0 Å². The number of ether oxygens (including phenoxy) is 2. The Kier molecular flexibility index (Phi) is 4.34. The second-order valence-electron chi connectivity index (χ2n) is 6.06. The van der Waals surface area contributed by atoms with Crippen molar-refractivity contribution in [1.29, 1.82) is 0 Å². The molecule has 0 amide bonds. The molecule has 4 atom stereocenters. The molecule has 0 radical (unpaired) electrons. The number of cyclic esters (lactones) is 2. The van der Waals surface area contributed by atoms with Crippen LogP contribution in [0.15, 0.2) is 43.0 Å². The van der Waals surface area contributed by atoms with E-state index in [1.807, 2.05) is 12.2 Å². The molecule has 124 valence electrons. The lowest BCUT2D eigenvalue weighted by atomic mass is 9.89. The van der Waals surface area contributed by atoms with Crippen molar-refractivity contribution in [2.75, 3.05) is 7.11 Å². The summed E-state index contributed by atoms with van der Waals surface area (Å²) in [7, 11) is 1.34. The lowest BCUT2D eigenvalue weighted by Crippen LogP contribution is -2.19. The smallest absolute Gasteiger partial charge is 0.337 e. The molecular formula is C19H18O5. The zero-order valence-electron chi connectivity index (χ0n) is 13.3. The zero-order chi connectivity index (χ0) is 17.3. The maximum atomic E-state index is 11.9. The minimum Gasteiger partial charge on any atom is -0.465 e. The lowest BCUT2D eigenvalue weighted by molar-refractivity contribution is -0.154. The van der Waals surface area contributed by atoms with Gasteiger partial charge in [-0.25, -0.2) is 4.79 Å². The molecule has 1 heterocycles. The number of carbonyl (C=O) groups excluding carboxylic acids is 3. The number of benzene rings is 1. The van der Waals surface area contributed by atoms with Gasteiger partial charge in [-0.05, 0) is 36.0 Å². The van der Waals surface area contributed by atoms with Crippen molar-refractivity contribution in [3.8, 4) is 0 Å². The SMILES string of the molecule is C=C[C@@H]1C[C@H](/C=C/c2ccc(C(=O)OC)cc2)[C@@H]2C(=O)OC(=O)[C@@H]21. The molecule has 1 aromatic rings. The number of carbonyl (C=O) groups is 3. The zero-order valence-corrected chi connectivity index (χ0v) is 13.3. The molecule has 3 rings (SSSR count). The topological polar surface area (TPSA) is 69.7 Å². The number of hydrogen-bond donors (Lipinski definition) is 0. The summed E-state index contributed by atoms with van der Waals surface area (Å²) in [6.45, 7) is 3.76. The van der Waals surface area contributed by atoms with Gasteiger partial charge in [0, 0.05) is 0 Å². The highest BCUT2D eigenvalue weighted by molar-refractivity contribution is 5.97. The van der Waals surface area contributed by atoms with Crippen LogP contribution in [-0.4, -0.2) is 25.0 Å². The van der Waals surface area contributed by atoms with Crippen LogP contribution in [-0.2, 0) is 19.1 Å². The summed E-state index contributed by atoms with van der Waals surface area (Å²) in [5, 5.41) is 0. The van der Waals surface area contributed by atoms with Gasteiger partial charge in [0.25, 0.3) is 0 Å². The molecule has 0 aromatic heterocycles. The van der Waals surface area contributed by atoms with Crippen LogP contribution in [0.3, 0.4) is 0 Å². The largest absolute Gasteiger partial charge is 0.465 e. The van der Waals surface area contributed by atoms with E-state index in [1.165, 1.54) is 7.11 Å². The van der Waals surface area contributed by atoms with Crippen molar-refractivity contribution in [3.05, 3.63) is 54.1 Å². The van der Waals surface area contributed by atoms with Crippen molar-refractivity contribution in [2.24, 2.45) is 23.7 Å². The van der Waals surface area contributed by atoms with Gasteiger partial charge in [0.1, 0.15) is 0 Å². The summed E-state index contributed by atoms with van der Waals surface area (Å²) in [6.07, 6.45) is 6.27. The first-order valence-electron chi connectivity index (χ1n) is 7.80. The van der Waals surface area contributed by atoms with E-state index >= 15 is 0 Å². The van der Waals surface area contributed by atoms with Crippen LogP contribution >= 0.6 is 0 Å². The first kappa shape index (κ1) is 16.2. The van der Waals surface area contributed by atoms with Crippen molar-refractivity contribution < 1.29 is 23.9 Å². The molecule has 0 unspecified atom stereocenters. The van der Waals surface area contributed by atoms with Gasteiger partial charge in [-0.15, -0.1) is 6.58 Å². The fourth-order valence-corrected chi connectivity index (χ4v) is 3.54. The van der Waals surface area contributed by atoms with Crippen molar-refractivity contribution in [3.63, 3.8) is 0 Å². The van der Waals surface area contributed by atoms with E-state index in [-0.39, 0.29) is 17.8 Å². The molecule has 5 nitrogen and oxygen atoms in total. The minimum atomic E-state index is -0.440. The number of esters is 3. The number of hydrogen-bond acceptors (Lipinski definition) is 5. The normalized spacial score (nSPS) is 28.7. The van der Waals surface area contributed by atoms with Crippen LogP contribution in [0, 0.1) is 23.7 Å². The number of methoxy groups -OCH3 is 1. The predicted molar refractivity (Wildman–Crippen MR) is 86.7 cm³/mol. The fraction of sp³-hybridized carbons (Fsp3) is 0.316. The van der Waals surface area contributed by atoms with Crippen LogP contribution in [0.1, 0.15) is 22.3 Å². The number of rotatable bonds is 4. The Morgan fingerprint density at radius 2 is 1.79 bits per heavy atom. The predicted octanol–water partition coefficient (Wildman–Crippen LogP) is 2.62. The van der Waals surface area contributed by atoms with Crippen molar-refractivity contribution in [1.82, 2.24) is 0 Å². The Labute approximate surface area is 139 Å². The molecular weight excluding hydrogens is 308 g/mol. The van der Waals surface area contributed by atoms with E-state index in [1.54, 1.807) is 30.3 Å². The van der Waals surface area contributed by atoms with Gasteiger partial charge in [0.05, 0.1) is 24.5 Å². The average Bonchev–Trinajstić information content (AvgIpc) is 3.11. The van der Waals surface area contributed by atoms with Gasteiger partial charge in [-0.3, -0.25) is 9.59 Å². The Balaban J connectivity index is 1.77. The summed E-state index contributed by atoms with van der Waals surface area (Å²) >= 11 is 0. The highest BCUT2D eigenvalue weighted by Gasteiger charge is 2.55. The molecule has 1 aliphatic heterocycles. The molecule has 5 heteroatoms. The molecule has 1 aromatic carbocycles. The van der Waals surface area contributed by atoms with Gasteiger partial charge in [-0.2, -0.15) is 0 Å². The Hall–Kier alpha value is -2.69. The van der Waals surface area contributed by atoms with E-state index in [4.69, 9.17) is 4.74 Å². The van der Waals surface area contributed by atoms with E-state index in [0.29, 0.717) is 12.0 Å². The molecule has 0 bridgehead atoms. The van der Waals surface area contributed by atoms with Crippen molar-refractivity contribution in [2.45, 2.75) is 6.42 Å². The van der Waals surface area contributed by atoms with Gasteiger partial charge in [0.15, 0.2) is 0 Å². The fourth-order valence-electron chi connectivity index (χ4n) is 3.54. The van der Waals surface area contributed by atoms with Gasteiger partial charge in [0.2, 0.25) is 0 Å². The molecule has 1 aliphatic carbocycles. The molecule has 2 fully saturated rings. The molecule has 24 heavy (non-hydrogen) atoms. The third kappa shape index (κ3) is 2.77. The number of fused-ring (bicyclic) bond motifs is 1. The second-order valence-corrected chi connectivity index (χ2v) is 6.06. The Morgan fingerprint density at radius 3 is 2.38 bits per heavy atom. The standard InChI is InChI=1S/C19H18O5/c1-3-12-10-14(16-15(12)18(21)24-19(16)22)9-6-11-4-7-13(8-5-11)17(20)23-2/h3-9,12,14-16H,1,10H2,2H3/b9-6+/t12-,14+,15-,16+/m1/s1. The van der Waals surface area contributed by atoms with Gasteiger partial charge < -0.3 is 9.47 Å². The first-order chi connectivity index (χ1) is 11.5. The Bertz CT molecular complexity index is 716. The molecule has 0 N–H and O–H groups in total. The Morgan fingerprint density at radius 1 is 1.17 bits per heavy atom. The maximum absolute atomic E-state index is 11.9. The number of allylic oxidation sites excluding steroid dienone is 2. The summed E-state index contributed by atoms with van der Waals surface area (Å²) in [4.78, 5) is 35.2. The summed E-state index contributed by atoms with van der Waals surface area (Å²) in [6, 6.07) is 6.97. The minimum absolute atomic E-state index is 0.0368. The lowest BCUT2D eigenvalue weighted by Gasteiger charge is -2.09. The van der Waals surface area contributed by atoms with E-state index in [0.717, 1.165) is 5.56 Å². The quantitative estimate of drug-likeness (QED) is 0.483. The second kappa shape index (κ2) is 6.43. The van der Waals surface area contributed by atoms with Crippen LogP contribution in [0.25, 0.3) is 6.08 Å².